The van der Waals surface area contributed by atoms with Crippen molar-refractivity contribution < 1.29 is 18.7 Å². The number of amides is 1. The lowest BCUT2D eigenvalue weighted by atomic mass is 10.1. The molecule has 2 aromatic carbocycles. The van der Waals surface area contributed by atoms with Crippen molar-refractivity contribution in [1.29, 1.82) is 0 Å². The monoisotopic (exact) mass is 386 g/mol. The summed E-state index contributed by atoms with van der Waals surface area (Å²) in [6, 6.07) is 10.9. The molecule has 0 aliphatic carbocycles. The molecular formula is C20H19FN2O3S. The van der Waals surface area contributed by atoms with E-state index in [2.05, 4.69) is 4.98 Å². The molecule has 0 atom stereocenters. The van der Waals surface area contributed by atoms with Gasteiger partial charge in [-0.25, -0.2) is 9.37 Å². The second-order valence-electron chi connectivity index (χ2n) is 5.66. The summed E-state index contributed by atoms with van der Waals surface area (Å²) in [6.07, 6.45) is 0. The lowest BCUT2D eigenvalue weighted by molar-refractivity contribution is 0.0988. The summed E-state index contributed by atoms with van der Waals surface area (Å²) in [5.41, 5.74) is 3.66. The molecule has 1 heterocycles. The third kappa shape index (κ3) is 4.43. The SMILES string of the molecule is CCN(C(=O)c1ccc(OCc2cscn2)c(OC)c1)c1ccc(F)cc1. The van der Waals surface area contributed by atoms with Gasteiger partial charge >= 0.3 is 0 Å². The highest BCUT2D eigenvalue weighted by Crippen LogP contribution is 2.30. The van der Waals surface area contributed by atoms with Crippen LogP contribution in [0.25, 0.3) is 0 Å². The van der Waals surface area contributed by atoms with E-state index in [1.165, 1.54) is 30.6 Å². The summed E-state index contributed by atoms with van der Waals surface area (Å²) in [4.78, 5) is 18.7. The molecule has 0 saturated carbocycles. The number of hydrogen-bond donors (Lipinski definition) is 0. The van der Waals surface area contributed by atoms with E-state index < -0.39 is 0 Å². The van der Waals surface area contributed by atoms with Gasteiger partial charge in [0.15, 0.2) is 11.5 Å². The summed E-state index contributed by atoms with van der Waals surface area (Å²) in [5.74, 6) is 0.456. The summed E-state index contributed by atoms with van der Waals surface area (Å²) in [7, 11) is 1.52. The number of aromatic nitrogens is 1. The first-order chi connectivity index (χ1) is 13.1. The van der Waals surface area contributed by atoms with Gasteiger partial charge in [-0.15, -0.1) is 11.3 Å². The van der Waals surface area contributed by atoms with E-state index in [1.54, 1.807) is 40.7 Å². The molecular weight excluding hydrogens is 367 g/mol. The van der Waals surface area contributed by atoms with E-state index in [9.17, 15) is 9.18 Å². The second kappa shape index (κ2) is 8.64. The summed E-state index contributed by atoms with van der Waals surface area (Å²) >= 11 is 1.50. The van der Waals surface area contributed by atoms with Crippen LogP contribution in [0.2, 0.25) is 0 Å². The fraction of sp³-hybridized carbons (Fsp3) is 0.200. The number of nitrogens with zero attached hydrogens (tertiary/aromatic N) is 2. The predicted molar refractivity (Wildman–Crippen MR) is 103 cm³/mol. The first kappa shape index (κ1) is 18.8. The van der Waals surface area contributed by atoms with Gasteiger partial charge in [-0.05, 0) is 49.4 Å². The van der Waals surface area contributed by atoms with Crippen LogP contribution in [0, 0.1) is 5.82 Å². The van der Waals surface area contributed by atoms with Crippen LogP contribution in [-0.4, -0.2) is 24.5 Å². The zero-order valence-corrected chi connectivity index (χ0v) is 15.8. The van der Waals surface area contributed by atoms with Crippen molar-refractivity contribution >= 4 is 22.9 Å². The third-order valence-corrected chi connectivity index (χ3v) is 4.60. The third-order valence-electron chi connectivity index (χ3n) is 3.97. The van der Waals surface area contributed by atoms with Crippen molar-refractivity contribution in [2.45, 2.75) is 13.5 Å². The maximum atomic E-state index is 13.2. The minimum Gasteiger partial charge on any atom is -0.493 e. The van der Waals surface area contributed by atoms with Crippen LogP contribution in [0.3, 0.4) is 0 Å². The Hall–Kier alpha value is -2.93. The Morgan fingerprint density at radius 2 is 1.96 bits per heavy atom. The highest BCUT2D eigenvalue weighted by molar-refractivity contribution is 7.07. The van der Waals surface area contributed by atoms with Crippen molar-refractivity contribution in [3.8, 4) is 11.5 Å². The van der Waals surface area contributed by atoms with Crippen molar-refractivity contribution in [1.82, 2.24) is 4.98 Å². The Morgan fingerprint density at radius 1 is 1.19 bits per heavy atom. The molecule has 0 fully saturated rings. The average Bonchev–Trinajstić information content (AvgIpc) is 3.21. The lowest BCUT2D eigenvalue weighted by Gasteiger charge is -2.21. The van der Waals surface area contributed by atoms with Gasteiger partial charge in [0.2, 0.25) is 0 Å². The van der Waals surface area contributed by atoms with Gasteiger partial charge in [-0.2, -0.15) is 0 Å². The number of carbonyl (C=O) groups is 1. The highest BCUT2D eigenvalue weighted by Gasteiger charge is 2.18. The van der Waals surface area contributed by atoms with Crippen LogP contribution in [0.15, 0.2) is 53.4 Å². The molecule has 0 aliphatic heterocycles. The number of halogens is 1. The Bertz CT molecular complexity index is 898. The van der Waals surface area contributed by atoms with Crippen LogP contribution >= 0.6 is 11.3 Å². The lowest BCUT2D eigenvalue weighted by Crippen LogP contribution is -2.30. The molecule has 7 heteroatoms. The molecule has 0 aliphatic rings. The predicted octanol–water partition coefficient (Wildman–Crippen LogP) is 4.54. The van der Waals surface area contributed by atoms with E-state index in [0.717, 1.165) is 5.69 Å². The van der Waals surface area contributed by atoms with Gasteiger partial charge in [0.25, 0.3) is 5.91 Å². The summed E-state index contributed by atoms with van der Waals surface area (Å²) in [5, 5.41) is 1.91. The minimum absolute atomic E-state index is 0.201. The van der Waals surface area contributed by atoms with Crippen molar-refractivity contribution in [2.75, 3.05) is 18.6 Å². The average molecular weight is 386 g/mol. The number of methoxy groups -OCH3 is 1. The molecule has 0 N–H and O–H groups in total. The van der Waals surface area contributed by atoms with Crippen LogP contribution < -0.4 is 14.4 Å². The normalized spacial score (nSPS) is 10.5. The Labute approximate surface area is 161 Å². The molecule has 0 unspecified atom stereocenters. The van der Waals surface area contributed by atoms with E-state index in [1.807, 2.05) is 12.3 Å². The number of rotatable bonds is 7. The van der Waals surface area contributed by atoms with Crippen molar-refractivity contribution in [3.63, 3.8) is 0 Å². The molecule has 0 spiro atoms. The number of anilines is 1. The molecule has 3 aromatic rings. The van der Waals surface area contributed by atoms with Crippen LogP contribution in [0.4, 0.5) is 10.1 Å². The molecule has 27 heavy (non-hydrogen) atoms. The van der Waals surface area contributed by atoms with Gasteiger partial charge in [0, 0.05) is 23.2 Å². The van der Waals surface area contributed by atoms with E-state index in [0.29, 0.717) is 35.9 Å². The van der Waals surface area contributed by atoms with Gasteiger partial charge < -0.3 is 14.4 Å². The number of hydrogen-bond acceptors (Lipinski definition) is 5. The van der Waals surface area contributed by atoms with Crippen LogP contribution in [-0.2, 0) is 6.61 Å². The maximum Gasteiger partial charge on any atom is 0.258 e. The zero-order valence-electron chi connectivity index (χ0n) is 15.0. The zero-order chi connectivity index (χ0) is 19.2. The number of benzene rings is 2. The van der Waals surface area contributed by atoms with E-state index in [-0.39, 0.29) is 11.7 Å². The summed E-state index contributed by atoms with van der Waals surface area (Å²) in [6.45, 7) is 2.64. The first-order valence-electron chi connectivity index (χ1n) is 8.37. The smallest absolute Gasteiger partial charge is 0.258 e. The fourth-order valence-electron chi connectivity index (χ4n) is 2.60. The second-order valence-corrected chi connectivity index (χ2v) is 6.38. The Kier molecular flexibility index (Phi) is 6.03. The first-order valence-corrected chi connectivity index (χ1v) is 9.32. The largest absolute Gasteiger partial charge is 0.493 e. The number of carbonyl (C=O) groups excluding carboxylic acids is 1. The van der Waals surface area contributed by atoms with Gasteiger partial charge in [0.1, 0.15) is 12.4 Å². The van der Waals surface area contributed by atoms with Gasteiger partial charge in [-0.3, -0.25) is 4.79 Å². The Balaban J connectivity index is 1.80. The van der Waals surface area contributed by atoms with E-state index in [4.69, 9.17) is 9.47 Å². The highest BCUT2D eigenvalue weighted by atomic mass is 32.1. The number of thiazole rings is 1. The van der Waals surface area contributed by atoms with Crippen LogP contribution in [0.1, 0.15) is 23.0 Å². The van der Waals surface area contributed by atoms with Gasteiger partial charge in [0.05, 0.1) is 18.3 Å². The molecule has 5 nitrogen and oxygen atoms in total. The summed E-state index contributed by atoms with van der Waals surface area (Å²) < 4.78 is 24.3. The minimum atomic E-state index is -0.342. The quantitative estimate of drug-likeness (QED) is 0.598. The van der Waals surface area contributed by atoms with Crippen molar-refractivity contribution in [2.24, 2.45) is 0 Å². The van der Waals surface area contributed by atoms with E-state index >= 15 is 0 Å². The number of ether oxygens (including phenoxy) is 2. The van der Waals surface area contributed by atoms with Crippen molar-refractivity contribution in [3.05, 3.63) is 70.4 Å². The molecule has 3 rings (SSSR count). The molecule has 0 saturated heterocycles. The fourth-order valence-corrected chi connectivity index (χ4v) is 3.14. The molecule has 0 bridgehead atoms. The van der Waals surface area contributed by atoms with Crippen LogP contribution in [0.5, 0.6) is 11.5 Å². The maximum absolute atomic E-state index is 13.2. The molecule has 0 radical (unpaired) electrons. The topological polar surface area (TPSA) is 51.7 Å². The Morgan fingerprint density at radius 3 is 2.59 bits per heavy atom. The molecule has 1 aromatic heterocycles. The standard InChI is InChI=1S/C20H19FN2O3S/c1-3-23(17-7-5-15(21)6-8-17)20(24)14-4-9-18(19(10-14)25-2)26-11-16-12-27-13-22-16/h4-10,12-13H,3,11H2,1-2H3. The molecule has 1 amide bonds. The van der Waals surface area contributed by atoms with Gasteiger partial charge in [-0.1, -0.05) is 0 Å². The molecule has 140 valence electrons.